The van der Waals surface area contributed by atoms with Crippen molar-refractivity contribution in [2.24, 2.45) is 5.92 Å². The van der Waals surface area contributed by atoms with E-state index in [1.165, 1.54) is 6.26 Å². The van der Waals surface area contributed by atoms with Crippen molar-refractivity contribution in [2.75, 3.05) is 6.61 Å². The average Bonchev–Trinajstić information content (AvgIpc) is 3.22. The van der Waals surface area contributed by atoms with Gasteiger partial charge in [-0.15, -0.1) is 0 Å². The van der Waals surface area contributed by atoms with E-state index < -0.39 is 17.8 Å². The van der Waals surface area contributed by atoms with Crippen molar-refractivity contribution in [3.63, 3.8) is 0 Å². The molecule has 0 fully saturated rings. The first kappa shape index (κ1) is 18.2. The molecule has 1 aromatic carbocycles. The SMILES string of the molecule is CCOC(=O)[C@@H]1C(=O)C2=C(C[C@@H]1c1ccco1)NC(=O)C[C@@H]2c1ccccc1. The molecule has 2 aliphatic rings. The van der Waals surface area contributed by atoms with Crippen LogP contribution in [0.15, 0.2) is 64.4 Å². The molecule has 2 aromatic rings. The Balaban J connectivity index is 1.81. The summed E-state index contributed by atoms with van der Waals surface area (Å²) in [6.45, 7) is 1.91. The second kappa shape index (κ2) is 7.46. The third kappa shape index (κ3) is 3.15. The van der Waals surface area contributed by atoms with Crippen LogP contribution in [0.1, 0.15) is 42.9 Å². The quantitative estimate of drug-likeness (QED) is 0.652. The molecule has 2 heterocycles. The molecule has 3 atom stereocenters. The molecule has 0 saturated carbocycles. The second-order valence-electron chi connectivity index (χ2n) is 7.03. The maximum absolute atomic E-state index is 13.5. The normalized spacial score (nSPS) is 24.5. The minimum absolute atomic E-state index is 0.131. The van der Waals surface area contributed by atoms with E-state index in [-0.39, 0.29) is 30.6 Å². The fraction of sp³-hybridized carbons (Fsp3) is 0.318. The number of ketones is 1. The van der Waals surface area contributed by atoms with E-state index in [0.717, 1.165) is 5.56 Å². The van der Waals surface area contributed by atoms with Crippen LogP contribution in [0.25, 0.3) is 0 Å². The largest absolute Gasteiger partial charge is 0.469 e. The smallest absolute Gasteiger partial charge is 0.317 e. The number of allylic oxidation sites excluding steroid dienone is 2. The van der Waals surface area contributed by atoms with Gasteiger partial charge in [-0.1, -0.05) is 30.3 Å². The number of carbonyl (C=O) groups excluding carboxylic acids is 3. The van der Waals surface area contributed by atoms with Gasteiger partial charge in [0.1, 0.15) is 11.7 Å². The fourth-order valence-corrected chi connectivity index (χ4v) is 4.19. The highest BCUT2D eigenvalue weighted by Crippen LogP contribution is 2.45. The third-order valence-electron chi connectivity index (χ3n) is 5.38. The topological polar surface area (TPSA) is 85.6 Å². The Morgan fingerprint density at radius 1 is 1.14 bits per heavy atom. The zero-order valence-corrected chi connectivity index (χ0v) is 15.5. The lowest BCUT2D eigenvalue weighted by Crippen LogP contribution is -2.44. The van der Waals surface area contributed by atoms with Gasteiger partial charge in [-0.05, 0) is 31.0 Å². The Hall–Kier alpha value is -3.15. The number of hydrogen-bond acceptors (Lipinski definition) is 5. The molecule has 4 rings (SSSR count). The van der Waals surface area contributed by atoms with E-state index in [4.69, 9.17) is 9.15 Å². The van der Waals surface area contributed by atoms with Crippen LogP contribution >= 0.6 is 0 Å². The molecule has 0 radical (unpaired) electrons. The van der Waals surface area contributed by atoms with Gasteiger partial charge in [-0.3, -0.25) is 14.4 Å². The molecular weight excluding hydrogens is 358 g/mol. The van der Waals surface area contributed by atoms with E-state index >= 15 is 0 Å². The second-order valence-corrected chi connectivity index (χ2v) is 7.03. The Kier molecular flexibility index (Phi) is 4.86. The first-order chi connectivity index (χ1) is 13.6. The molecule has 1 amide bonds. The number of carbonyl (C=O) groups is 3. The van der Waals surface area contributed by atoms with Crippen LogP contribution in [0, 0.1) is 5.92 Å². The lowest BCUT2D eigenvalue weighted by Gasteiger charge is -2.37. The number of nitrogens with one attached hydrogen (secondary N) is 1. The summed E-state index contributed by atoms with van der Waals surface area (Å²) >= 11 is 0. The highest BCUT2D eigenvalue weighted by atomic mass is 16.5. The number of Topliss-reactive ketones (excluding diaryl/α,β-unsaturated/α-hetero) is 1. The first-order valence-corrected chi connectivity index (χ1v) is 9.42. The minimum atomic E-state index is -0.980. The highest BCUT2D eigenvalue weighted by molar-refractivity contribution is 6.12. The van der Waals surface area contributed by atoms with Crippen LogP contribution in [0.2, 0.25) is 0 Å². The van der Waals surface area contributed by atoms with Gasteiger partial charge in [0.15, 0.2) is 5.78 Å². The van der Waals surface area contributed by atoms with Gasteiger partial charge in [-0.2, -0.15) is 0 Å². The molecule has 144 valence electrons. The average molecular weight is 379 g/mol. The van der Waals surface area contributed by atoms with Crippen molar-refractivity contribution >= 4 is 17.7 Å². The number of furan rings is 1. The van der Waals surface area contributed by atoms with E-state index in [1.807, 2.05) is 30.3 Å². The molecule has 0 spiro atoms. The number of rotatable bonds is 4. The van der Waals surface area contributed by atoms with Gasteiger partial charge in [0.05, 0.1) is 12.9 Å². The Morgan fingerprint density at radius 2 is 1.93 bits per heavy atom. The lowest BCUT2D eigenvalue weighted by atomic mass is 9.69. The summed E-state index contributed by atoms with van der Waals surface area (Å²) in [5, 5.41) is 2.86. The van der Waals surface area contributed by atoms with Crippen LogP contribution in [-0.2, 0) is 19.1 Å². The van der Waals surface area contributed by atoms with Crippen molar-refractivity contribution in [3.8, 4) is 0 Å². The van der Waals surface area contributed by atoms with Gasteiger partial charge >= 0.3 is 5.97 Å². The maximum atomic E-state index is 13.5. The van der Waals surface area contributed by atoms with Crippen molar-refractivity contribution in [3.05, 3.63) is 71.3 Å². The molecule has 1 N–H and O–H groups in total. The van der Waals surface area contributed by atoms with Gasteiger partial charge in [0.25, 0.3) is 0 Å². The molecule has 1 aliphatic carbocycles. The summed E-state index contributed by atoms with van der Waals surface area (Å²) in [5.41, 5.74) is 1.97. The predicted octanol–water partition coefficient (Wildman–Crippen LogP) is 3.07. The number of amides is 1. The van der Waals surface area contributed by atoms with Crippen LogP contribution in [-0.4, -0.2) is 24.3 Å². The van der Waals surface area contributed by atoms with Crippen molar-refractivity contribution < 1.29 is 23.5 Å². The fourth-order valence-electron chi connectivity index (χ4n) is 4.19. The van der Waals surface area contributed by atoms with Crippen molar-refractivity contribution in [2.45, 2.75) is 31.6 Å². The van der Waals surface area contributed by atoms with E-state index in [0.29, 0.717) is 23.5 Å². The summed E-state index contributed by atoms with van der Waals surface area (Å²) in [6.07, 6.45) is 2.03. The van der Waals surface area contributed by atoms with Crippen molar-refractivity contribution in [1.29, 1.82) is 0 Å². The maximum Gasteiger partial charge on any atom is 0.317 e. The standard InChI is InChI=1S/C22H21NO5/c1-2-27-22(26)20-15(17-9-6-10-28-17)11-16-19(21(20)25)14(12-18(24)23-16)13-7-4-3-5-8-13/h3-10,14-15,20H,2,11-12H2,1H3,(H,23,24)/t14-,15-,20+/m1/s1. The van der Waals surface area contributed by atoms with Gasteiger partial charge < -0.3 is 14.5 Å². The molecule has 0 saturated heterocycles. The number of hydrogen-bond donors (Lipinski definition) is 1. The summed E-state index contributed by atoms with van der Waals surface area (Å²) in [6, 6.07) is 12.9. The zero-order chi connectivity index (χ0) is 19.7. The summed E-state index contributed by atoms with van der Waals surface area (Å²) in [5.74, 6) is -2.30. The van der Waals surface area contributed by atoms with E-state index in [2.05, 4.69) is 5.32 Å². The van der Waals surface area contributed by atoms with E-state index in [1.54, 1.807) is 19.1 Å². The number of ether oxygens (including phenoxy) is 1. The van der Waals surface area contributed by atoms with Crippen molar-refractivity contribution in [1.82, 2.24) is 5.32 Å². The molecule has 0 unspecified atom stereocenters. The van der Waals surface area contributed by atoms with Crippen LogP contribution < -0.4 is 5.32 Å². The van der Waals surface area contributed by atoms with Crippen LogP contribution in [0.3, 0.4) is 0 Å². The lowest BCUT2D eigenvalue weighted by molar-refractivity contribution is -0.152. The monoisotopic (exact) mass is 379 g/mol. The number of esters is 1. The highest BCUT2D eigenvalue weighted by Gasteiger charge is 2.48. The molecule has 1 aliphatic heterocycles. The molecule has 6 heteroatoms. The molecule has 1 aromatic heterocycles. The summed E-state index contributed by atoms with van der Waals surface area (Å²) < 4.78 is 10.7. The molecular formula is C22H21NO5. The molecule has 28 heavy (non-hydrogen) atoms. The number of benzene rings is 1. The summed E-state index contributed by atoms with van der Waals surface area (Å²) in [4.78, 5) is 38.6. The van der Waals surface area contributed by atoms with Gasteiger partial charge in [0, 0.05) is 29.5 Å². The summed E-state index contributed by atoms with van der Waals surface area (Å²) in [7, 11) is 0. The molecule has 0 bridgehead atoms. The minimum Gasteiger partial charge on any atom is -0.469 e. The third-order valence-corrected chi connectivity index (χ3v) is 5.38. The van der Waals surface area contributed by atoms with Gasteiger partial charge in [0.2, 0.25) is 5.91 Å². The Bertz CT molecular complexity index is 929. The van der Waals surface area contributed by atoms with Crippen LogP contribution in [0.5, 0.6) is 0 Å². The molecule has 6 nitrogen and oxygen atoms in total. The first-order valence-electron chi connectivity index (χ1n) is 9.42. The van der Waals surface area contributed by atoms with Crippen LogP contribution in [0.4, 0.5) is 0 Å². The van der Waals surface area contributed by atoms with E-state index in [9.17, 15) is 14.4 Å². The Labute approximate surface area is 162 Å². The predicted molar refractivity (Wildman–Crippen MR) is 100 cm³/mol. The zero-order valence-electron chi connectivity index (χ0n) is 15.5. The Morgan fingerprint density at radius 3 is 2.61 bits per heavy atom. The van der Waals surface area contributed by atoms with Gasteiger partial charge in [-0.25, -0.2) is 0 Å².